The molecular formula is C23H31ClO5. The zero-order chi connectivity index (χ0) is 22.1. The number of Topliss-reactive ketones (excluding diaryl/α,β-unsaturated/α-hetero) is 1. The van der Waals surface area contributed by atoms with Crippen LogP contribution in [-0.2, 0) is 11.2 Å². The van der Waals surface area contributed by atoms with Crippen molar-refractivity contribution in [2.45, 2.75) is 66.4 Å². The fraction of sp³-hybridized carbons (Fsp3) is 0.565. The fourth-order valence-electron chi connectivity index (χ4n) is 4.17. The Bertz CT molecular complexity index is 844. The second-order valence-electron chi connectivity index (χ2n) is 8.65. The van der Waals surface area contributed by atoms with Crippen LogP contribution in [0.3, 0.4) is 0 Å². The minimum atomic E-state index is -0.974. The molecule has 1 fully saturated rings. The van der Waals surface area contributed by atoms with E-state index in [-0.39, 0.29) is 51.2 Å². The SMILES string of the molecule is C/C(=C\C[C@@]1(C)[C@H](C)CCC(=O)[C@@H]1C)[C@@H](O)Cc1c(O)c(Cl)c(C)c(C=O)c1O. The molecule has 1 aliphatic carbocycles. The predicted octanol–water partition coefficient (Wildman–Crippen LogP) is 4.75. The Morgan fingerprint density at radius 2 is 1.93 bits per heavy atom. The lowest BCUT2D eigenvalue weighted by Gasteiger charge is -2.43. The van der Waals surface area contributed by atoms with Crippen LogP contribution in [0.15, 0.2) is 11.6 Å². The Balaban J connectivity index is 2.25. The molecule has 29 heavy (non-hydrogen) atoms. The minimum Gasteiger partial charge on any atom is -0.507 e. The Morgan fingerprint density at radius 3 is 2.52 bits per heavy atom. The van der Waals surface area contributed by atoms with Crippen molar-refractivity contribution in [3.8, 4) is 11.5 Å². The van der Waals surface area contributed by atoms with Crippen LogP contribution in [0.5, 0.6) is 11.5 Å². The van der Waals surface area contributed by atoms with E-state index >= 15 is 0 Å². The van der Waals surface area contributed by atoms with Gasteiger partial charge in [-0.15, -0.1) is 0 Å². The molecule has 6 heteroatoms. The third-order valence-electron chi connectivity index (χ3n) is 7.09. The fourth-order valence-corrected chi connectivity index (χ4v) is 4.38. The maximum absolute atomic E-state index is 12.2. The van der Waals surface area contributed by atoms with Gasteiger partial charge in [0.1, 0.15) is 17.3 Å². The molecule has 1 aromatic rings. The first kappa shape index (κ1) is 23.4. The lowest BCUT2D eigenvalue weighted by molar-refractivity contribution is -0.131. The second-order valence-corrected chi connectivity index (χ2v) is 9.03. The second kappa shape index (κ2) is 8.88. The molecule has 0 unspecified atom stereocenters. The Labute approximate surface area is 177 Å². The van der Waals surface area contributed by atoms with Gasteiger partial charge in [0.05, 0.1) is 16.7 Å². The summed E-state index contributed by atoms with van der Waals surface area (Å²) in [6.07, 6.45) is 3.50. The number of phenols is 2. The van der Waals surface area contributed by atoms with Crippen LogP contribution < -0.4 is 0 Å². The quantitative estimate of drug-likeness (QED) is 0.454. The summed E-state index contributed by atoms with van der Waals surface area (Å²) in [6.45, 7) is 9.56. The number of phenolic OH excluding ortho intramolecular Hbond substituents is 2. The molecule has 5 nitrogen and oxygen atoms in total. The van der Waals surface area contributed by atoms with Gasteiger partial charge in [-0.25, -0.2) is 0 Å². The molecule has 0 aromatic heterocycles. The summed E-state index contributed by atoms with van der Waals surface area (Å²) < 4.78 is 0. The highest BCUT2D eigenvalue weighted by molar-refractivity contribution is 6.33. The Kier molecular flexibility index (Phi) is 7.18. The van der Waals surface area contributed by atoms with Crippen molar-refractivity contribution in [1.82, 2.24) is 0 Å². The van der Waals surface area contributed by atoms with Crippen molar-refractivity contribution in [2.75, 3.05) is 0 Å². The van der Waals surface area contributed by atoms with Gasteiger partial charge in [0.2, 0.25) is 0 Å². The highest BCUT2D eigenvalue weighted by Gasteiger charge is 2.42. The number of carbonyl (C=O) groups is 2. The van der Waals surface area contributed by atoms with E-state index in [2.05, 4.69) is 13.8 Å². The molecule has 1 saturated carbocycles. The van der Waals surface area contributed by atoms with E-state index in [1.807, 2.05) is 13.0 Å². The smallest absolute Gasteiger partial charge is 0.154 e. The predicted molar refractivity (Wildman–Crippen MR) is 114 cm³/mol. The number of hydrogen-bond donors (Lipinski definition) is 3. The highest BCUT2D eigenvalue weighted by atomic mass is 35.5. The van der Waals surface area contributed by atoms with Crippen molar-refractivity contribution in [3.05, 3.63) is 33.4 Å². The highest BCUT2D eigenvalue weighted by Crippen LogP contribution is 2.46. The zero-order valence-electron chi connectivity index (χ0n) is 17.8. The van der Waals surface area contributed by atoms with E-state index in [0.29, 0.717) is 36.2 Å². The minimum absolute atomic E-state index is 0.00695. The van der Waals surface area contributed by atoms with Gasteiger partial charge < -0.3 is 15.3 Å². The summed E-state index contributed by atoms with van der Waals surface area (Å²) in [5.74, 6) is -0.0746. The number of aliphatic hydroxyl groups is 1. The number of benzene rings is 1. The van der Waals surface area contributed by atoms with Gasteiger partial charge in [0.25, 0.3) is 0 Å². The monoisotopic (exact) mass is 422 g/mol. The van der Waals surface area contributed by atoms with Crippen LogP contribution >= 0.6 is 11.6 Å². The summed E-state index contributed by atoms with van der Waals surface area (Å²) in [5.41, 5.74) is 0.835. The lowest BCUT2D eigenvalue weighted by Crippen LogP contribution is -2.41. The number of carbonyl (C=O) groups excluding carboxylic acids is 2. The first-order chi connectivity index (χ1) is 13.5. The lowest BCUT2D eigenvalue weighted by atomic mass is 9.60. The molecule has 4 atom stereocenters. The standard InChI is InChI=1S/C23H31ClO5/c1-12(8-9-23(5)13(2)6-7-18(26)15(23)4)19(27)10-16-21(28)17(11-25)14(3)20(24)22(16)29/h8,11,13,15,19,27-29H,6-7,9-10H2,1-5H3/b12-8+/t13-,15+,19+,23+/m1/s1. The molecule has 0 spiro atoms. The maximum Gasteiger partial charge on any atom is 0.154 e. The van der Waals surface area contributed by atoms with E-state index in [0.717, 1.165) is 6.42 Å². The van der Waals surface area contributed by atoms with Gasteiger partial charge in [-0.05, 0) is 49.2 Å². The molecule has 0 bridgehead atoms. The summed E-state index contributed by atoms with van der Waals surface area (Å²) in [6, 6.07) is 0. The van der Waals surface area contributed by atoms with Crippen molar-refractivity contribution >= 4 is 23.7 Å². The van der Waals surface area contributed by atoms with Crippen molar-refractivity contribution in [2.24, 2.45) is 17.3 Å². The van der Waals surface area contributed by atoms with Gasteiger partial charge in [0.15, 0.2) is 6.29 Å². The molecule has 3 N–H and O–H groups in total. The van der Waals surface area contributed by atoms with E-state index in [1.165, 1.54) is 6.92 Å². The molecule has 0 radical (unpaired) electrons. The molecular weight excluding hydrogens is 392 g/mol. The summed E-state index contributed by atoms with van der Waals surface area (Å²) in [4.78, 5) is 23.5. The topological polar surface area (TPSA) is 94.8 Å². The van der Waals surface area contributed by atoms with Crippen LogP contribution in [-0.4, -0.2) is 33.5 Å². The average Bonchev–Trinajstić information content (AvgIpc) is 2.69. The summed E-state index contributed by atoms with van der Waals surface area (Å²) >= 11 is 6.08. The largest absolute Gasteiger partial charge is 0.507 e. The zero-order valence-corrected chi connectivity index (χ0v) is 18.5. The maximum atomic E-state index is 12.2. The third-order valence-corrected chi connectivity index (χ3v) is 7.56. The van der Waals surface area contributed by atoms with Crippen LogP contribution in [0.25, 0.3) is 0 Å². The van der Waals surface area contributed by atoms with Crippen molar-refractivity contribution < 1.29 is 24.9 Å². The number of ketones is 1. The first-order valence-corrected chi connectivity index (χ1v) is 10.4. The van der Waals surface area contributed by atoms with Crippen LogP contribution in [0, 0.1) is 24.2 Å². The van der Waals surface area contributed by atoms with E-state index in [1.54, 1.807) is 6.92 Å². The number of aliphatic hydroxyl groups excluding tert-OH is 1. The van der Waals surface area contributed by atoms with Gasteiger partial charge in [-0.1, -0.05) is 38.4 Å². The molecule has 0 saturated heterocycles. The van der Waals surface area contributed by atoms with E-state index in [4.69, 9.17) is 11.6 Å². The normalized spacial score (nSPS) is 26.4. The molecule has 2 rings (SSSR count). The molecule has 1 aromatic carbocycles. The van der Waals surface area contributed by atoms with Crippen LogP contribution in [0.2, 0.25) is 5.02 Å². The summed E-state index contributed by atoms with van der Waals surface area (Å²) in [7, 11) is 0. The van der Waals surface area contributed by atoms with Gasteiger partial charge in [0, 0.05) is 24.3 Å². The van der Waals surface area contributed by atoms with E-state index in [9.17, 15) is 24.9 Å². The van der Waals surface area contributed by atoms with E-state index < -0.39 is 6.10 Å². The Morgan fingerprint density at radius 1 is 1.31 bits per heavy atom. The van der Waals surface area contributed by atoms with Crippen molar-refractivity contribution in [1.29, 1.82) is 0 Å². The average molecular weight is 423 g/mol. The van der Waals surface area contributed by atoms with Gasteiger partial charge in [-0.3, -0.25) is 9.59 Å². The number of halogens is 1. The van der Waals surface area contributed by atoms with Crippen LogP contribution in [0.4, 0.5) is 0 Å². The number of rotatable bonds is 6. The van der Waals surface area contributed by atoms with Crippen LogP contribution in [0.1, 0.15) is 68.4 Å². The summed E-state index contributed by atoms with van der Waals surface area (Å²) in [5, 5.41) is 31.3. The molecule has 0 aliphatic heterocycles. The molecule has 1 aliphatic rings. The van der Waals surface area contributed by atoms with Gasteiger partial charge in [-0.2, -0.15) is 0 Å². The number of aldehydes is 1. The number of hydrogen-bond acceptors (Lipinski definition) is 5. The Hall–Kier alpha value is -1.85. The first-order valence-electron chi connectivity index (χ1n) is 10.0. The third kappa shape index (κ3) is 4.36. The van der Waals surface area contributed by atoms with Gasteiger partial charge >= 0.3 is 0 Å². The molecule has 0 amide bonds. The molecule has 160 valence electrons. The number of allylic oxidation sites excluding steroid dienone is 1. The van der Waals surface area contributed by atoms with Crippen molar-refractivity contribution in [3.63, 3.8) is 0 Å². The number of aromatic hydroxyl groups is 2. The molecule has 0 heterocycles.